The van der Waals surface area contributed by atoms with E-state index in [9.17, 15) is 18.0 Å². The standard InChI is InChI=1S/C17H17F3N2O/c18-17(19,20)15-6-3-13(4-7-15)9-11-22-16(23)8-5-14-2-1-10-21-12-14/h1-4,6-7,10,12H,5,8-9,11H2,(H,22,23). The van der Waals surface area contributed by atoms with Gasteiger partial charge in [0.15, 0.2) is 0 Å². The average Bonchev–Trinajstić information content (AvgIpc) is 2.53. The van der Waals surface area contributed by atoms with Crippen LogP contribution in [0.3, 0.4) is 0 Å². The van der Waals surface area contributed by atoms with Gasteiger partial charge >= 0.3 is 6.18 Å². The highest BCUT2D eigenvalue weighted by Crippen LogP contribution is 2.29. The van der Waals surface area contributed by atoms with Crippen LogP contribution < -0.4 is 5.32 Å². The molecule has 0 unspecified atom stereocenters. The maximum Gasteiger partial charge on any atom is 0.416 e. The normalized spacial score (nSPS) is 11.3. The molecule has 6 heteroatoms. The van der Waals surface area contributed by atoms with Gasteiger partial charge in [0, 0.05) is 25.4 Å². The van der Waals surface area contributed by atoms with Crippen molar-refractivity contribution in [1.29, 1.82) is 0 Å². The van der Waals surface area contributed by atoms with Crippen LogP contribution in [-0.2, 0) is 23.8 Å². The Labute approximate surface area is 132 Å². The highest BCUT2D eigenvalue weighted by Gasteiger charge is 2.29. The van der Waals surface area contributed by atoms with Crippen molar-refractivity contribution in [3.63, 3.8) is 0 Å². The molecule has 0 aliphatic carbocycles. The lowest BCUT2D eigenvalue weighted by Gasteiger charge is -2.08. The molecule has 0 fully saturated rings. The number of aryl methyl sites for hydroxylation is 1. The summed E-state index contributed by atoms with van der Waals surface area (Å²) in [6.07, 6.45) is 0.539. The maximum atomic E-state index is 12.4. The molecule has 1 N–H and O–H groups in total. The molecule has 2 rings (SSSR count). The highest BCUT2D eigenvalue weighted by molar-refractivity contribution is 5.76. The van der Waals surface area contributed by atoms with Crippen molar-refractivity contribution in [3.05, 3.63) is 65.5 Å². The van der Waals surface area contributed by atoms with Gasteiger partial charge in [0.1, 0.15) is 0 Å². The predicted octanol–water partition coefficient (Wildman–Crippen LogP) is 3.39. The van der Waals surface area contributed by atoms with E-state index in [1.54, 1.807) is 12.4 Å². The van der Waals surface area contributed by atoms with Crippen LogP contribution in [0.25, 0.3) is 0 Å². The van der Waals surface area contributed by atoms with E-state index in [-0.39, 0.29) is 5.91 Å². The summed E-state index contributed by atoms with van der Waals surface area (Å²) in [6, 6.07) is 8.70. The lowest BCUT2D eigenvalue weighted by Crippen LogP contribution is -2.25. The summed E-state index contributed by atoms with van der Waals surface area (Å²) in [5.74, 6) is -0.0826. The smallest absolute Gasteiger partial charge is 0.356 e. The van der Waals surface area contributed by atoms with E-state index in [4.69, 9.17) is 0 Å². The van der Waals surface area contributed by atoms with Crippen molar-refractivity contribution in [2.24, 2.45) is 0 Å². The summed E-state index contributed by atoms with van der Waals surface area (Å²) < 4.78 is 37.3. The van der Waals surface area contributed by atoms with Gasteiger partial charge in [-0.1, -0.05) is 18.2 Å². The van der Waals surface area contributed by atoms with Crippen molar-refractivity contribution in [3.8, 4) is 0 Å². The zero-order chi connectivity index (χ0) is 16.7. The van der Waals surface area contributed by atoms with E-state index in [0.29, 0.717) is 25.8 Å². The largest absolute Gasteiger partial charge is 0.416 e. The molecule has 0 radical (unpaired) electrons. The Morgan fingerprint density at radius 1 is 1.04 bits per heavy atom. The summed E-state index contributed by atoms with van der Waals surface area (Å²) in [7, 11) is 0. The molecule has 0 aliphatic rings. The molecule has 1 heterocycles. The van der Waals surface area contributed by atoms with Gasteiger partial charge in [-0.05, 0) is 42.2 Å². The lowest BCUT2D eigenvalue weighted by molar-refractivity contribution is -0.137. The van der Waals surface area contributed by atoms with E-state index in [1.165, 1.54) is 12.1 Å². The van der Waals surface area contributed by atoms with E-state index >= 15 is 0 Å². The van der Waals surface area contributed by atoms with Crippen LogP contribution in [0.15, 0.2) is 48.8 Å². The lowest BCUT2D eigenvalue weighted by atomic mass is 10.1. The number of hydrogen-bond donors (Lipinski definition) is 1. The third-order valence-corrected chi connectivity index (χ3v) is 3.38. The second-order valence-electron chi connectivity index (χ2n) is 5.16. The first kappa shape index (κ1) is 17.0. The molecule has 0 bridgehead atoms. The average molecular weight is 322 g/mol. The molecule has 3 nitrogen and oxygen atoms in total. The summed E-state index contributed by atoms with van der Waals surface area (Å²) in [6.45, 7) is 0.400. The topological polar surface area (TPSA) is 42.0 Å². The number of rotatable bonds is 6. The van der Waals surface area contributed by atoms with Crippen LogP contribution in [0.4, 0.5) is 13.2 Å². The van der Waals surface area contributed by atoms with Gasteiger partial charge in [0.05, 0.1) is 5.56 Å². The first-order chi connectivity index (χ1) is 10.9. The van der Waals surface area contributed by atoms with E-state index in [1.807, 2.05) is 12.1 Å². The molecule has 1 aromatic heterocycles. The number of carbonyl (C=O) groups excluding carboxylic acids is 1. The molecule has 122 valence electrons. The molecule has 2 aromatic rings. The van der Waals surface area contributed by atoms with Crippen LogP contribution in [-0.4, -0.2) is 17.4 Å². The fraction of sp³-hybridized carbons (Fsp3) is 0.294. The van der Waals surface area contributed by atoms with Crippen molar-refractivity contribution in [2.45, 2.75) is 25.4 Å². The quantitative estimate of drug-likeness (QED) is 0.886. The van der Waals surface area contributed by atoms with Crippen molar-refractivity contribution < 1.29 is 18.0 Å². The summed E-state index contributed by atoms with van der Waals surface area (Å²) >= 11 is 0. The number of hydrogen-bond acceptors (Lipinski definition) is 2. The van der Waals surface area contributed by atoms with Crippen molar-refractivity contribution >= 4 is 5.91 Å². The Balaban J connectivity index is 1.71. The van der Waals surface area contributed by atoms with E-state index < -0.39 is 11.7 Å². The molecule has 0 aliphatic heterocycles. The van der Waals surface area contributed by atoms with Crippen LogP contribution in [0.5, 0.6) is 0 Å². The number of carbonyl (C=O) groups is 1. The van der Waals surface area contributed by atoms with Gasteiger partial charge in [-0.2, -0.15) is 13.2 Å². The summed E-state index contributed by atoms with van der Waals surface area (Å²) in [5.41, 5.74) is 1.08. The molecular weight excluding hydrogens is 305 g/mol. The fourth-order valence-corrected chi connectivity index (χ4v) is 2.10. The minimum Gasteiger partial charge on any atom is -0.356 e. The number of benzene rings is 1. The van der Waals surface area contributed by atoms with Crippen LogP contribution in [0.2, 0.25) is 0 Å². The van der Waals surface area contributed by atoms with Crippen LogP contribution in [0, 0.1) is 0 Å². The third-order valence-electron chi connectivity index (χ3n) is 3.38. The van der Waals surface area contributed by atoms with Gasteiger partial charge in [-0.15, -0.1) is 0 Å². The Morgan fingerprint density at radius 3 is 2.39 bits per heavy atom. The van der Waals surface area contributed by atoms with Crippen LogP contribution in [0.1, 0.15) is 23.1 Å². The Hall–Kier alpha value is -2.37. The minimum atomic E-state index is -4.32. The number of aromatic nitrogens is 1. The molecule has 0 saturated carbocycles. The van der Waals surface area contributed by atoms with Gasteiger partial charge in [-0.25, -0.2) is 0 Å². The SMILES string of the molecule is O=C(CCc1cccnc1)NCCc1ccc(C(F)(F)F)cc1. The summed E-state index contributed by atoms with van der Waals surface area (Å²) in [5, 5.41) is 2.76. The maximum absolute atomic E-state index is 12.4. The molecule has 0 atom stereocenters. The molecule has 0 saturated heterocycles. The van der Waals surface area contributed by atoms with Crippen molar-refractivity contribution in [2.75, 3.05) is 6.54 Å². The fourth-order valence-electron chi connectivity index (χ4n) is 2.10. The number of amides is 1. The molecule has 1 aromatic carbocycles. The number of alkyl halides is 3. The zero-order valence-corrected chi connectivity index (χ0v) is 12.4. The molecule has 1 amide bonds. The van der Waals surface area contributed by atoms with E-state index in [0.717, 1.165) is 23.3 Å². The Bertz CT molecular complexity index is 625. The monoisotopic (exact) mass is 322 g/mol. The van der Waals surface area contributed by atoms with Crippen molar-refractivity contribution in [1.82, 2.24) is 10.3 Å². The highest BCUT2D eigenvalue weighted by atomic mass is 19.4. The summed E-state index contributed by atoms with van der Waals surface area (Å²) in [4.78, 5) is 15.7. The number of pyridine rings is 1. The molecule has 0 spiro atoms. The number of halogens is 3. The van der Waals surface area contributed by atoms with Gasteiger partial charge in [0.2, 0.25) is 5.91 Å². The Morgan fingerprint density at radius 2 is 1.78 bits per heavy atom. The predicted molar refractivity (Wildman–Crippen MR) is 80.7 cm³/mol. The number of nitrogens with one attached hydrogen (secondary N) is 1. The number of nitrogens with zero attached hydrogens (tertiary/aromatic N) is 1. The molecule has 23 heavy (non-hydrogen) atoms. The minimum absolute atomic E-state index is 0.0826. The molecular formula is C17H17F3N2O. The van der Waals surface area contributed by atoms with Gasteiger partial charge in [-0.3, -0.25) is 9.78 Å². The van der Waals surface area contributed by atoms with Crippen LogP contribution >= 0.6 is 0 Å². The first-order valence-electron chi connectivity index (χ1n) is 7.27. The van der Waals surface area contributed by atoms with Gasteiger partial charge in [0.25, 0.3) is 0 Å². The third kappa shape index (κ3) is 5.73. The zero-order valence-electron chi connectivity index (χ0n) is 12.4. The van der Waals surface area contributed by atoms with E-state index in [2.05, 4.69) is 10.3 Å². The second-order valence-corrected chi connectivity index (χ2v) is 5.16. The first-order valence-corrected chi connectivity index (χ1v) is 7.27. The Kier molecular flexibility index (Phi) is 5.73. The second kappa shape index (κ2) is 7.76. The van der Waals surface area contributed by atoms with Gasteiger partial charge < -0.3 is 5.32 Å².